The van der Waals surface area contributed by atoms with Crippen molar-refractivity contribution in [1.82, 2.24) is 15.1 Å². The van der Waals surface area contributed by atoms with Crippen LogP contribution in [-0.2, 0) is 11.3 Å². The van der Waals surface area contributed by atoms with Crippen molar-refractivity contribution < 1.29 is 9.59 Å². The number of imide groups is 1. The molecule has 20 heavy (non-hydrogen) atoms. The minimum Gasteiger partial charge on any atom is -0.329 e. The summed E-state index contributed by atoms with van der Waals surface area (Å²) in [5, 5.41) is 2.52. The molecule has 1 aliphatic rings. The molecule has 1 aromatic rings. The fourth-order valence-electron chi connectivity index (χ4n) is 2.22. The van der Waals surface area contributed by atoms with Gasteiger partial charge in [-0.2, -0.15) is 0 Å². The zero-order valence-electron chi connectivity index (χ0n) is 11.4. The third-order valence-corrected chi connectivity index (χ3v) is 3.27. The SMILES string of the molecule is NCCN(CCN1C(=O)CNC1=O)Cc1ccccc1. The summed E-state index contributed by atoms with van der Waals surface area (Å²) in [6, 6.07) is 9.77. The Balaban J connectivity index is 1.89. The van der Waals surface area contributed by atoms with Gasteiger partial charge >= 0.3 is 6.03 Å². The molecule has 0 atom stereocenters. The van der Waals surface area contributed by atoms with Crippen molar-refractivity contribution in [2.75, 3.05) is 32.7 Å². The highest BCUT2D eigenvalue weighted by molar-refractivity contribution is 6.01. The lowest BCUT2D eigenvalue weighted by Crippen LogP contribution is -2.40. The first-order chi connectivity index (χ1) is 9.70. The molecule has 0 bridgehead atoms. The van der Waals surface area contributed by atoms with E-state index in [0.29, 0.717) is 19.6 Å². The van der Waals surface area contributed by atoms with Crippen LogP contribution in [0.15, 0.2) is 30.3 Å². The second-order valence-corrected chi connectivity index (χ2v) is 4.75. The molecule has 2 rings (SSSR count). The van der Waals surface area contributed by atoms with Crippen molar-refractivity contribution in [3.05, 3.63) is 35.9 Å². The van der Waals surface area contributed by atoms with Gasteiger partial charge in [-0.3, -0.25) is 14.6 Å². The van der Waals surface area contributed by atoms with Crippen LogP contribution in [0, 0.1) is 0 Å². The zero-order valence-corrected chi connectivity index (χ0v) is 11.4. The number of nitrogens with one attached hydrogen (secondary N) is 1. The monoisotopic (exact) mass is 276 g/mol. The molecule has 6 heteroatoms. The number of nitrogens with zero attached hydrogens (tertiary/aromatic N) is 2. The van der Waals surface area contributed by atoms with Gasteiger partial charge in [0, 0.05) is 32.7 Å². The minimum atomic E-state index is -0.303. The van der Waals surface area contributed by atoms with Gasteiger partial charge in [-0.15, -0.1) is 0 Å². The Morgan fingerprint density at radius 1 is 1.20 bits per heavy atom. The number of carbonyl (C=O) groups excluding carboxylic acids is 2. The van der Waals surface area contributed by atoms with Gasteiger partial charge in [-0.05, 0) is 5.56 Å². The van der Waals surface area contributed by atoms with Gasteiger partial charge in [0.05, 0.1) is 6.54 Å². The van der Waals surface area contributed by atoms with Crippen LogP contribution in [-0.4, -0.2) is 54.5 Å². The molecule has 0 aromatic heterocycles. The summed E-state index contributed by atoms with van der Waals surface area (Å²) in [4.78, 5) is 26.4. The van der Waals surface area contributed by atoms with Gasteiger partial charge in [0.1, 0.15) is 0 Å². The molecule has 3 amide bonds. The summed E-state index contributed by atoms with van der Waals surface area (Å²) in [6.45, 7) is 3.18. The maximum Gasteiger partial charge on any atom is 0.324 e. The van der Waals surface area contributed by atoms with E-state index in [1.54, 1.807) is 0 Å². The highest BCUT2D eigenvalue weighted by Gasteiger charge is 2.28. The Morgan fingerprint density at radius 2 is 1.95 bits per heavy atom. The molecular weight excluding hydrogens is 256 g/mol. The molecule has 0 aliphatic carbocycles. The van der Waals surface area contributed by atoms with Crippen molar-refractivity contribution in [1.29, 1.82) is 0 Å². The van der Waals surface area contributed by atoms with Gasteiger partial charge in [0.15, 0.2) is 0 Å². The van der Waals surface area contributed by atoms with Crippen LogP contribution in [0.4, 0.5) is 4.79 Å². The summed E-state index contributed by atoms with van der Waals surface area (Å²) in [6.07, 6.45) is 0. The van der Waals surface area contributed by atoms with Crippen LogP contribution in [0.2, 0.25) is 0 Å². The molecule has 6 nitrogen and oxygen atoms in total. The molecule has 108 valence electrons. The predicted molar refractivity (Wildman–Crippen MR) is 75.9 cm³/mol. The van der Waals surface area contributed by atoms with E-state index in [-0.39, 0.29) is 18.5 Å². The van der Waals surface area contributed by atoms with Crippen molar-refractivity contribution in [2.24, 2.45) is 5.73 Å². The summed E-state index contributed by atoms with van der Waals surface area (Å²) in [5.41, 5.74) is 6.81. The molecule has 1 aliphatic heterocycles. The molecule has 1 saturated heterocycles. The van der Waals surface area contributed by atoms with Gasteiger partial charge in [-0.25, -0.2) is 4.79 Å². The van der Waals surface area contributed by atoms with E-state index in [4.69, 9.17) is 5.73 Å². The molecule has 1 heterocycles. The van der Waals surface area contributed by atoms with E-state index in [1.807, 2.05) is 18.2 Å². The van der Waals surface area contributed by atoms with E-state index in [9.17, 15) is 9.59 Å². The molecule has 0 saturated carbocycles. The Bertz CT molecular complexity index is 448. The van der Waals surface area contributed by atoms with E-state index in [1.165, 1.54) is 10.5 Å². The molecule has 1 aromatic carbocycles. The molecular formula is C14H20N4O2. The van der Waals surface area contributed by atoms with Crippen LogP contribution in [0.1, 0.15) is 5.56 Å². The van der Waals surface area contributed by atoms with Crippen molar-refractivity contribution in [2.45, 2.75) is 6.54 Å². The summed E-state index contributed by atoms with van der Waals surface area (Å²) < 4.78 is 0. The van der Waals surface area contributed by atoms with Crippen molar-refractivity contribution in [3.63, 3.8) is 0 Å². The molecule has 0 radical (unpaired) electrons. The fourth-order valence-corrected chi connectivity index (χ4v) is 2.22. The topological polar surface area (TPSA) is 78.7 Å². The maximum absolute atomic E-state index is 11.5. The van der Waals surface area contributed by atoms with Crippen LogP contribution in [0.5, 0.6) is 0 Å². The van der Waals surface area contributed by atoms with E-state index >= 15 is 0 Å². The predicted octanol–water partition coefficient (Wildman–Crippen LogP) is -0.000900. The lowest BCUT2D eigenvalue weighted by atomic mass is 10.2. The first-order valence-electron chi connectivity index (χ1n) is 6.75. The quantitative estimate of drug-likeness (QED) is 0.687. The maximum atomic E-state index is 11.5. The van der Waals surface area contributed by atoms with Crippen LogP contribution in [0.25, 0.3) is 0 Å². The zero-order chi connectivity index (χ0) is 14.4. The molecule has 0 spiro atoms. The molecule has 1 fully saturated rings. The van der Waals surface area contributed by atoms with E-state index in [0.717, 1.165) is 13.1 Å². The number of rotatable bonds is 7. The van der Waals surface area contributed by atoms with Gasteiger partial charge in [0.25, 0.3) is 0 Å². The minimum absolute atomic E-state index is 0.106. The van der Waals surface area contributed by atoms with Crippen molar-refractivity contribution >= 4 is 11.9 Å². The average molecular weight is 276 g/mol. The summed E-state index contributed by atoms with van der Waals surface area (Å²) in [7, 11) is 0. The second kappa shape index (κ2) is 7.02. The van der Waals surface area contributed by atoms with Crippen LogP contribution in [0.3, 0.4) is 0 Å². The van der Waals surface area contributed by atoms with Gasteiger partial charge in [-0.1, -0.05) is 30.3 Å². The number of urea groups is 1. The Kier molecular flexibility index (Phi) is 5.09. The number of hydrogen-bond donors (Lipinski definition) is 2. The van der Waals surface area contributed by atoms with Gasteiger partial charge in [0.2, 0.25) is 5.91 Å². The average Bonchev–Trinajstić information content (AvgIpc) is 2.77. The fraction of sp³-hybridized carbons (Fsp3) is 0.429. The molecule has 3 N–H and O–H groups in total. The summed E-state index contributed by atoms with van der Waals surface area (Å²) in [5.74, 6) is -0.164. The Hall–Kier alpha value is -1.92. The Labute approximate surface area is 118 Å². The highest BCUT2D eigenvalue weighted by Crippen LogP contribution is 2.05. The first kappa shape index (κ1) is 14.5. The lowest BCUT2D eigenvalue weighted by molar-refractivity contribution is -0.125. The third-order valence-electron chi connectivity index (χ3n) is 3.27. The standard InChI is InChI=1S/C14H20N4O2/c15-6-7-17(11-12-4-2-1-3-5-12)8-9-18-13(19)10-16-14(18)20/h1-5H,6-11,15H2,(H,16,20). The second-order valence-electron chi connectivity index (χ2n) is 4.75. The van der Waals surface area contributed by atoms with Crippen LogP contribution < -0.4 is 11.1 Å². The van der Waals surface area contributed by atoms with E-state index in [2.05, 4.69) is 22.3 Å². The van der Waals surface area contributed by atoms with Crippen LogP contribution >= 0.6 is 0 Å². The third kappa shape index (κ3) is 3.79. The molecule has 0 unspecified atom stereocenters. The number of amides is 3. The Morgan fingerprint density at radius 3 is 2.55 bits per heavy atom. The highest BCUT2D eigenvalue weighted by atomic mass is 16.2. The first-order valence-corrected chi connectivity index (χ1v) is 6.75. The number of nitrogens with two attached hydrogens (primary N) is 1. The number of carbonyl (C=O) groups is 2. The van der Waals surface area contributed by atoms with Crippen molar-refractivity contribution in [3.8, 4) is 0 Å². The summed E-state index contributed by atoms with van der Waals surface area (Å²) >= 11 is 0. The smallest absolute Gasteiger partial charge is 0.324 e. The number of benzene rings is 1. The normalized spacial score (nSPS) is 15.0. The van der Waals surface area contributed by atoms with E-state index < -0.39 is 0 Å². The number of hydrogen-bond acceptors (Lipinski definition) is 4. The lowest BCUT2D eigenvalue weighted by Gasteiger charge is -2.23. The van der Waals surface area contributed by atoms with Gasteiger partial charge < -0.3 is 11.1 Å². The largest absolute Gasteiger partial charge is 0.329 e.